The molecule has 3 heterocycles. The van der Waals surface area contributed by atoms with Gasteiger partial charge in [-0.15, -0.1) is 0 Å². The SMILES string of the molecule is CCCC(C)NC(=O)C1N(CCCCCCO)C(=O)[C@@H]2[C@@H](C(=O)NCc3ccccc3)[C@@H]3OC12CC3Br. The number of ether oxygens (including phenoxy) is 1. The maximum Gasteiger partial charge on any atom is 0.246 e. The van der Waals surface area contributed by atoms with Crippen LogP contribution in [0.5, 0.6) is 0 Å². The van der Waals surface area contributed by atoms with Gasteiger partial charge in [-0.1, -0.05) is 72.4 Å². The van der Waals surface area contributed by atoms with Crippen molar-refractivity contribution in [1.29, 1.82) is 0 Å². The standard InChI is InChI=1S/C28H40BrN3O5/c1-3-11-18(2)31-26(35)24-28-16-20(29)23(37-28)21(25(34)30-17-19-12-7-6-8-13-19)22(28)27(36)32(24)14-9-4-5-10-15-33/h6-8,12-13,18,20-24,33H,3-5,9-11,14-17H2,1-2H3,(H,30,34)(H,31,35)/t18?,20?,21-,22+,23-,24?,28?/m1/s1. The zero-order valence-corrected chi connectivity index (χ0v) is 23.4. The second kappa shape index (κ2) is 12.3. The van der Waals surface area contributed by atoms with Crippen molar-refractivity contribution in [3.63, 3.8) is 0 Å². The number of likely N-dealkylation sites (tertiary alicyclic amines) is 1. The molecular formula is C28H40BrN3O5. The molecule has 0 saturated carbocycles. The maximum absolute atomic E-state index is 13.9. The van der Waals surface area contributed by atoms with Crippen LogP contribution in [0.1, 0.15) is 64.4 Å². The summed E-state index contributed by atoms with van der Waals surface area (Å²) in [5.74, 6) is -1.90. The van der Waals surface area contributed by atoms with E-state index in [9.17, 15) is 14.4 Å². The van der Waals surface area contributed by atoms with Gasteiger partial charge in [0.15, 0.2) is 0 Å². The molecule has 8 nitrogen and oxygen atoms in total. The molecule has 0 aliphatic carbocycles. The zero-order chi connectivity index (χ0) is 26.6. The lowest BCUT2D eigenvalue weighted by Crippen LogP contribution is -2.57. The lowest BCUT2D eigenvalue weighted by molar-refractivity contribution is -0.142. The minimum Gasteiger partial charge on any atom is -0.396 e. The third-order valence-electron chi connectivity index (χ3n) is 8.07. The summed E-state index contributed by atoms with van der Waals surface area (Å²) in [5.41, 5.74) is -0.0411. The van der Waals surface area contributed by atoms with Crippen molar-refractivity contribution >= 4 is 33.7 Å². The van der Waals surface area contributed by atoms with Gasteiger partial charge in [-0.3, -0.25) is 14.4 Å². The Morgan fingerprint density at radius 3 is 2.62 bits per heavy atom. The van der Waals surface area contributed by atoms with E-state index in [1.165, 1.54) is 0 Å². The van der Waals surface area contributed by atoms with Gasteiger partial charge in [0.2, 0.25) is 17.7 Å². The zero-order valence-electron chi connectivity index (χ0n) is 21.8. The molecule has 0 radical (unpaired) electrons. The van der Waals surface area contributed by atoms with E-state index in [2.05, 4.69) is 33.5 Å². The van der Waals surface area contributed by atoms with E-state index in [1.807, 2.05) is 37.3 Å². The third kappa shape index (κ3) is 5.59. The van der Waals surface area contributed by atoms with Crippen LogP contribution >= 0.6 is 15.9 Å². The molecular weight excluding hydrogens is 538 g/mol. The number of fused-ring (bicyclic) bond motifs is 1. The predicted molar refractivity (Wildman–Crippen MR) is 144 cm³/mol. The number of alkyl halides is 1. The van der Waals surface area contributed by atoms with Gasteiger partial charge in [-0.25, -0.2) is 0 Å². The van der Waals surface area contributed by atoms with Gasteiger partial charge < -0.3 is 25.4 Å². The Balaban J connectivity index is 1.57. The fourth-order valence-electron chi connectivity index (χ4n) is 6.45. The number of hydrogen-bond acceptors (Lipinski definition) is 5. The van der Waals surface area contributed by atoms with Crippen LogP contribution in [0.15, 0.2) is 30.3 Å². The van der Waals surface area contributed by atoms with Gasteiger partial charge in [0.25, 0.3) is 0 Å². The second-order valence-electron chi connectivity index (χ2n) is 10.7. The molecule has 3 saturated heterocycles. The molecule has 0 aromatic heterocycles. The molecule has 4 rings (SSSR count). The van der Waals surface area contributed by atoms with Gasteiger partial charge in [-0.05, 0) is 38.2 Å². The average Bonchev–Trinajstić information content (AvgIpc) is 3.46. The molecule has 3 N–H and O–H groups in total. The minimum atomic E-state index is -1.02. The third-order valence-corrected chi connectivity index (χ3v) is 8.91. The fourth-order valence-corrected chi connectivity index (χ4v) is 7.39. The highest BCUT2D eigenvalue weighted by Crippen LogP contribution is 2.60. The molecule has 3 amide bonds. The highest BCUT2D eigenvalue weighted by Gasteiger charge is 2.76. The summed E-state index contributed by atoms with van der Waals surface area (Å²) in [6.07, 6.45) is 5.02. The number of nitrogens with zero attached hydrogens (tertiary/aromatic N) is 1. The van der Waals surface area contributed by atoms with Gasteiger partial charge in [0.05, 0.1) is 17.9 Å². The number of rotatable bonds is 13. The van der Waals surface area contributed by atoms with Gasteiger partial charge in [0.1, 0.15) is 11.6 Å². The molecule has 3 aliphatic heterocycles. The van der Waals surface area contributed by atoms with Crippen molar-refractivity contribution in [1.82, 2.24) is 15.5 Å². The van der Waals surface area contributed by atoms with E-state index in [1.54, 1.807) is 4.90 Å². The number of aliphatic hydroxyl groups is 1. The molecule has 4 unspecified atom stereocenters. The lowest BCUT2D eigenvalue weighted by atomic mass is 9.70. The number of aliphatic hydroxyl groups excluding tert-OH is 1. The van der Waals surface area contributed by atoms with Crippen LogP contribution in [0.3, 0.4) is 0 Å². The Labute approximate surface area is 228 Å². The van der Waals surface area contributed by atoms with Crippen molar-refractivity contribution in [3.8, 4) is 0 Å². The minimum absolute atomic E-state index is 0.0159. The number of carbonyl (C=O) groups is 3. The first-order valence-corrected chi connectivity index (χ1v) is 14.6. The molecule has 2 bridgehead atoms. The summed E-state index contributed by atoms with van der Waals surface area (Å²) in [5, 5.41) is 15.2. The monoisotopic (exact) mass is 577 g/mol. The number of nitrogens with one attached hydrogen (secondary N) is 2. The first-order valence-electron chi connectivity index (χ1n) is 13.7. The van der Waals surface area contributed by atoms with Crippen molar-refractivity contribution in [3.05, 3.63) is 35.9 Å². The van der Waals surface area contributed by atoms with Crippen LogP contribution in [0.4, 0.5) is 0 Å². The molecule has 1 aromatic carbocycles. The summed E-state index contributed by atoms with van der Waals surface area (Å²) in [4.78, 5) is 42.7. The normalized spacial score (nSPS) is 30.9. The summed E-state index contributed by atoms with van der Waals surface area (Å²) in [6, 6.07) is 8.89. The summed E-state index contributed by atoms with van der Waals surface area (Å²) < 4.78 is 6.54. The predicted octanol–water partition coefficient (Wildman–Crippen LogP) is 2.91. The highest BCUT2D eigenvalue weighted by molar-refractivity contribution is 9.09. The Hall–Kier alpha value is -1.97. The van der Waals surface area contributed by atoms with E-state index in [0.29, 0.717) is 19.5 Å². The van der Waals surface area contributed by atoms with Crippen molar-refractivity contribution in [2.45, 2.75) is 94.0 Å². The van der Waals surface area contributed by atoms with Crippen LogP contribution in [0.25, 0.3) is 0 Å². The topological polar surface area (TPSA) is 108 Å². The van der Waals surface area contributed by atoms with Crippen LogP contribution in [-0.2, 0) is 25.7 Å². The first kappa shape index (κ1) is 28.0. The molecule has 9 heteroatoms. The number of halogens is 1. The molecule has 7 atom stereocenters. The van der Waals surface area contributed by atoms with E-state index in [0.717, 1.165) is 44.1 Å². The summed E-state index contributed by atoms with van der Waals surface area (Å²) in [6.45, 7) is 5.01. The van der Waals surface area contributed by atoms with Crippen LogP contribution < -0.4 is 10.6 Å². The average molecular weight is 579 g/mol. The van der Waals surface area contributed by atoms with E-state index >= 15 is 0 Å². The van der Waals surface area contributed by atoms with Gasteiger partial charge in [0, 0.05) is 30.6 Å². The smallest absolute Gasteiger partial charge is 0.246 e. The Morgan fingerprint density at radius 1 is 1.19 bits per heavy atom. The molecule has 37 heavy (non-hydrogen) atoms. The first-order chi connectivity index (χ1) is 17.8. The summed E-state index contributed by atoms with van der Waals surface area (Å²) >= 11 is 3.71. The molecule has 204 valence electrons. The largest absolute Gasteiger partial charge is 0.396 e. The van der Waals surface area contributed by atoms with Crippen LogP contribution in [0.2, 0.25) is 0 Å². The quantitative estimate of drug-likeness (QED) is 0.247. The van der Waals surface area contributed by atoms with E-state index in [-0.39, 0.29) is 35.2 Å². The number of benzene rings is 1. The fraction of sp³-hybridized carbons (Fsp3) is 0.679. The number of hydrogen-bond donors (Lipinski definition) is 3. The van der Waals surface area contributed by atoms with Crippen LogP contribution in [-0.4, -0.2) is 69.5 Å². The Bertz CT molecular complexity index is 962. The van der Waals surface area contributed by atoms with E-state index < -0.39 is 29.6 Å². The molecule has 3 fully saturated rings. The number of carbonyl (C=O) groups excluding carboxylic acids is 3. The molecule has 3 aliphatic rings. The van der Waals surface area contributed by atoms with Gasteiger partial charge >= 0.3 is 0 Å². The number of amides is 3. The van der Waals surface area contributed by atoms with Crippen molar-refractivity contribution in [2.24, 2.45) is 11.8 Å². The lowest BCUT2D eigenvalue weighted by Gasteiger charge is -2.34. The number of unbranched alkanes of at least 4 members (excludes halogenated alkanes) is 3. The highest BCUT2D eigenvalue weighted by atomic mass is 79.9. The second-order valence-corrected chi connectivity index (χ2v) is 11.9. The summed E-state index contributed by atoms with van der Waals surface area (Å²) in [7, 11) is 0. The Kier molecular flexibility index (Phi) is 9.29. The maximum atomic E-state index is 13.9. The van der Waals surface area contributed by atoms with Gasteiger partial charge in [-0.2, -0.15) is 0 Å². The van der Waals surface area contributed by atoms with Crippen molar-refractivity contribution < 1.29 is 24.2 Å². The molecule has 1 spiro atoms. The van der Waals surface area contributed by atoms with E-state index in [4.69, 9.17) is 9.84 Å². The Morgan fingerprint density at radius 2 is 1.92 bits per heavy atom. The van der Waals surface area contributed by atoms with Crippen molar-refractivity contribution in [2.75, 3.05) is 13.2 Å². The molecule has 1 aromatic rings. The van der Waals surface area contributed by atoms with Crippen LogP contribution in [0, 0.1) is 11.8 Å².